The molecule has 13 nitrogen and oxygen atoms in total. The summed E-state index contributed by atoms with van der Waals surface area (Å²) in [5, 5.41) is 22.9. The lowest BCUT2D eigenvalue weighted by molar-refractivity contribution is -0.141. The first kappa shape index (κ1) is 28.3. The smallest absolute Gasteiger partial charge is 0.244 e. The predicted octanol–water partition coefficient (Wildman–Crippen LogP) is 1.42. The normalized spacial score (nSPS) is 19.1. The lowest BCUT2D eigenvalue weighted by atomic mass is 10.0. The summed E-state index contributed by atoms with van der Waals surface area (Å²) in [7, 11) is 0. The number of hydrogen-bond acceptors (Lipinski definition) is 13. The highest BCUT2D eigenvalue weighted by atomic mass is 32.1. The second-order valence-electron chi connectivity index (χ2n) is 9.33. The molecule has 3 aromatic rings. The van der Waals surface area contributed by atoms with Gasteiger partial charge in [0.2, 0.25) is 11.8 Å². The Morgan fingerprint density at radius 1 is 1.12 bits per heavy atom. The number of ether oxygens (including phenoxy) is 3. The Morgan fingerprint density at radius 3 is 2.73 bits per heavy atom. The van der Waals surface area contributed by atoms with Crippen LogP contribution < -0.4 is 21.7 Å². The van der Waals surface area contributed by atoms with Crippen LogP contribution in [0, 0.1) is 0 Å². The van der Waals surface area contributed by atoms with Gasteiger partial charge in [-0.3, -0.25) is 19.8 Å². The van der Waals surface area contributed by atoms with Crippen molar-refractivity contribution in [3.8, 4) is 0 Å². The summed E-state index contributed by atoms with van der Waals surface area (Å²) in [5.41, 5.74) is 8.61. The number of thiophene rings is 1. The van der Waals surface area contributed by atoms with Crippen molar-refractivity contribution >= 4 is 50.6 Å². The molecule has 2 unspecified atom stereocenters. The number of amides is 2. The Kier molecular flexibility index (Phi) is 9.49. The van der Waals surface area contributed by atoms with Crippen LogP contribution in [0.25, 0.3) is 10.2 Å². The van der Waals surface area contributed by atoms with E-state index in [9.17, 15) is 14.7 Å². The molecule has 14 heteroatoms. The fourth-order valence-corrected chi connectivity index (χ4v) is 5.69. The highest BCUT2D eigenvalue weighted by Crippen LogP contribution is 2.38. The molecule has 1 saturated heterocycles. The zero-order valence-electron chi connectivity index (χ0n) is 21.9. The van der Waals surface area contributed by atoms with E-state index in [0.717, 1.165) is 32.7 Å². The van der Waals surface area contributed by atoms with Gasteiger partial charge in [-0.15, -0.1) is 11.3 Å². The van der Waals surface area contributed by atoms with E-state index >= 15 is 0 Å². The fourth-order valence-electron chi connectivity index (χ4n) is 4.83. The van der Waals surface area contributed by atoms with E-state index in [1.165, 1.54) is 17.7 Å². The van der Waals surface area contributed by atoms with Crippen molar-refractivity contribution < 1.29 is 28.9 Å². The van der Waals surface area contributed by atoms with Crippen LogP contribution in [0.3, 0.4) is 0 Å². The van der Waals surface area contributed by atoms with Crippen LogP contribution in [0.2, 0.25) is 0 Å². The van der Waals surface area contributed by atoms with Crippen LogP contribution in [0.15, 0.2) is 29.9 Å². The topological polar surface area (TPSA) is 173 Å². The number of piperidine rings is 1. The number of nitrogens with zero attached hydrogens (tertiary/aromatic N) is 3. The summed E-state index contributed by atoms with van der Waals surface area (Å²) in [4.78, 5) is 35.4. The minimum Gasteiger partial charge on any atom is -0.381 e. The third-order valence-electron chi connectivity index (χ3n) is 6.76. The molecular weight excluding hydrogens is 538 g/mol. The Bertz CT molecular complexity index is 1340. The standard InChI is InChI=1S/C26H33N7O6S/c27-14-39-10-9-38-8-7-37-6-5-28-19-13-40-25-22(19)23(29-15-30-25)31-17-1-2-18-16(11-17)12-33(26(18)36)20-3-4-21(34)32-24(20)35/h1-2,11,13,15,20,26,28,36H,3-10,12,14,27H2,(H,29,30,31)(H,32,34,35). The molecule has 2 atom stereocenters. The van der Waals surface area contributed by atoms with E-state index < -0.39 is 12.3 Å². The summed E-state index contributed by atoms with van der Waals surface area (Å²) in [6.07, 6.45) is 1.26. The maximum absolute atomic E-state index is 12.4. The van der Waals surface area contributed by atoms with Crippen LogP contribution in [0.1, 0.15) is 30.2 Å². The Labute approximate surface area is 235 Å². The molecule has 2 aliphatic rings. The van der Waals surface area contributed by atoms with Crippen molar-refractivity contribution in [2.45, 2.75) is 31.7 Å². The van der Waals surface area contributed by atoms with Crippen molar-refractivity contribution in [2.24, 2.45) is 5.73 Å². The van der Waals surface area contributed by atoms with Crippen LogP contribution >= 0.6 is 11.3 Å². The molecule has 5 rings (SSSR count). The summed E-state index contributed by atoms with van der Waals surface area (Å²) in [6, 6.07) is 5.13. The van der Waals surface area contributed by atoms with Gasteiger partial charge in [-0.2, -0.15) is 0 Å². The van der Waals surface area contributed by atoms with Crippen molar-refractivity contribution in [1.29, 1.82) is 0 Å². The number of aromatic nitrogens is 2. The van der Waals surface area contributed by atoms with E-state index in [4.69, 9.17) is 19.9 Å². The second kappa shape index (κ2) is 13.4. The number of hydrogen-bond donors (Lipinski definition) is 5. The van der Waals surface area contributed by atoms with E-state index in [1.807, 2.05) is 23.6 Å². The van der Waals surface area contributed by atoms with E-state index in [1.54, 1.807) is 4.90 Å². The first-order valence-electron chi connectivity index (χ1n) is 13.1. The number of aliphatic hydroxyl groups is 1. The van der Waals surface area contributed by atoms with E-state index in [2.05, 4.69) is 25.9 Å². The quantitative estimate of drug-likeness (QED) is 0.107. The second-order valence-corrected chi connectivity index (χ2v) is 10.2. The molecule has 2 aliphatic heterocycles. The van der Waals surface area contributed by atoms with Gasteiger partial charge >= 0.3 is 0 Å². The highest BCUT2D eigenvalue weighted by molar-refractivity contribution is 7.17. The molecule has 1 fully saturated rings. The van der Waals surface area contributed by atoms with Gasteiger partial charge in [0.1, 0.15) is 23.2 Å². The van der Waals surface area contributed by atoms with Gasteiger partial charge < -0.3 is 35.7 Å². The summed E-state index contributed by atoms with van der Waals surface area (Å²) < 4.78 is 16.0. The lowest BCUT2D eigenvalue weighted by Crippen LogP contribution is -2.51. The van der Waals surface area contributed by atoms with Crippen LogP contribution in [-0.2, 0) is 30.3 Å². The molecule has 0 aliphatic carbocycles. The van der Waals surface area contributed by atoms with Crippen molar-refractivity contribution in [2.75, 3.05) is 56.9 Å². The predicted molar refractivity (Wildman–Crippen MR) is 149 cm³/mol. The summed E-state index contributed by atoms with van der Waals surface area (Å²) >= 11 is 1.52. The van der Waals surface area contributed by atoms with Gasteiger partial charge in [0.25, 0.3) is 0 Å². The number of benzene rings is 1. The first-order chi connectivity index (χ1) is 19.5. The molecule has 40 heavy (non-hydrogen) atoms. The number of nitrogens with one attached hydrogen (secondary N) is 3. The average molecular weight is 572 g/mol. The van der Waals surface area contributed by atoms with Crippen molar-refractivity contribution in [3.63, 3.8) is 0 Å². The molecule has 214 valence electrons. The molecule has 0 saturated carbocycles. The maximum atomic E-state index is 12.4. The van der Waals surface area contributed by atoms with Gasteiger partial charge in [0.15, 0.2) is 0 Å². The third kappa shape index (κ3) is 6.55. The fraction of sp³-hybridized carbons (Fsp3) is 0.462. The molecule has 0 radical (unpaired) electrons. The molecule has 6 N–H and O–H groups in total. The Balaban J connectivity index is 1.18. The van der Waals surface area contributed by atoms with Crippen molar-refractivity contribution in [3.05, 3.63) is 41.0 Å². The van der Waals surface area contributed by atoms with Crippen LogP contribution in [0.5, 0.6) is 0 Å². The van der Waals surface area contributed by atoms with E-state index in [-0.39, 0.29) is 25.0 Å². The zero-order valence-corrected chi connectivity index (χ0v) is 22.7. The number of rotatable bonds is 14. The van der Waals surface area contributed by atoms with Crippen molar-refractivity contribution in [1.82, 2.24) is 20.2 Å². The number of carbonyl (C=O) groups is 2. The Morgan fingerprint density at radius 2 is 1.93 bits per heavy atom. The van der Waals surface area contributed by atoms with Crippen LogP contribution in [0.4, 0.5) is 17.2 Å². The summed E-state index contributed by atoms with van der Waals surface area (Å²) in [6.45, 7) is 3.62. The van der Waals surface area contributed by atoms with Gasteiger partial charge in [-0.1, -0.05) is 6.07 Å². The maximum Gasteiger partial charge on any atom is 0.244 e. The van der Waals surface area contributed by atoms with Gasteiger partial charge in [0, 0.05) is 36.1 Å². The minimum atomic E-state index is -0.912. The average Bonchev–Trinajstić information content (AvgIpc) is 3.51. The lowest BCUT2D eigenvalue weighted by Gasteiger charge is -2.31. The number of imide groups is 1. The number of anilines is 3. The Hall–Kier alpha value is -3.24. The monoisotopic (exact) mass is 571 g/mol. The zero-order chi connectivity index (χ0) is 27.9. The summed E-state index contributed by atoms with van der Waals surface area (Å²) in [5.74, 6) is 0.0120. The number of fused-ring (bicyclic) bond motifs is 2. The van der Waals surface area contributed by atoms with Crippen LogP contribution in [-0.4, -0.2) is 84.1 Å². The molecule has 0 bridgehead atoms. The number of nitrogens with two attached hydrogens (primary N) is 1. The number of aliphatic hydroxyl groups excluding tert-OH is 1. The molecule has 0 spiro atoms. The molecular formula is C26H33N7O6S. The largest absolute Gasteiger partial charge is 0.381 e. The molecule has 4 heterocycles. The van der Waals surface area contributed by atoms with Gasteiger partial charge in [-0.25, -0.2) is 9.97 Å². The molecule has 2 amide bonds. The number of carbonyl (C=O) groups excluding carboxylic acids is 2. The first-order valence-corrected chi connectivity index (χ1v) is 14.0. The van der Waals surface area contributed by atoms with Gasteiger partial charge in [0.05, 0.1) is 56.9 Å². The molecule has 1 aromatic carbocycles. The minimum absolute atomic E-state index is 0.188. The highest BCUT2D eigenvalue weighted by Gasteiger charge is 2.39. The van der Waals surface area contributed by atoms with Gasteiger partial charge in [-0.05, 0) is 24.1 Å². The molecule has 2 aromatic heterocycles. The third-order valence-corrected chi connectivity index (χ3v) is 7.64. The van der Waals surface area contributed by atoms with E-state index in [0.29, 0.717) is 58.4 Å². The SMILES string of the molecule is NCOCCOCCOCCNc1csc2ncnc(Nc3ccc4c(c3)CN(C3CCC(=O)NC3=O)C4O)c12.